The average molecular weight is 325 g/mol. The van der Waals surface area contributed by atoms with Gasteiger partial charge >= 0.3 is 5.97 Å². The largest absolute Gasteiger partial charge is 0.507 e. The number of nitrogens with two attached hydrogens (primary N) is 2. The van der Waals surface area contributed by atoms with E-state index < -0.39 is 17.8 Å². The highest BCUT2D eigenvalue weighted by molar-refractivity contribution is 6.33. The number of rotatable bonds is 4. The Kier molecular flexibility index (Phi) is 4.54. The molecular formula is C15H14ClFN2O3. The van der Waals surface area contributed by atoms with Gasteiger partial charge in [-0.15, -0.1) is 0 Å². The normalized spacial score (nSPS) is 12.1. The third-order valence-corrected chi connectivity index (χ3v) is 3.58. The summed E-state index contributed by atoms with van der Waals surface area (Å²) in [4.78, 5) is 10.9. The molecule has 2 aromatic carbocycles. The van der Waals surface area contributed by atoms with Crippen LogP contribution in [0.25, 0.3) is 11.1 Å². The lowest BCUT2D eigenvalue weighted by Crippen LogP contribution is -2.32. The summed E-state index contributed by atoms with van der Waals surface area (Å²) in [5.41, 5.74) is 12.7. The van der Waals surface area contributed by atoms with Gasteiger partial charge in [-0.05, 0) is 29.8 Å². The van der Waals surface area contributed by atoms with Gasteiger partial charge < -0.3 is 21.7 Å². The summed E-state index contributed by atoms with van der Waals surface area (Å²) in [5, 5.41) is 19.0. The first-order chi connectivity index (χ1) is 10.3. The second-order valence-electron chi connectivity index (χ2n) is 4.81. The van der Waals surface area contributed by atoms with Gasteiger partial charge in [0.1, 0.15) is 17.6 Å². The summed E-state index contributed by atoms with van der Waals surface area (Å²) in [5.74, 6) is -1.82. The predicted molar refractivity (Wildman–Crippen MR) is 82.2 cm³/mol. The van der Waals surface area contributed by atoms with E-state index in [0.29, 0.717) is 11.1 Å². The molecule has 0 aliphatic carbocycles. The number of aliphatic carboxylic acids is 1. The summed E-state index contributed by atoms with van der Waals surface area (Å²) in [6.07, 6.45) is -0.00669. The van der Waals surface area contributed by atoms with Gasteiger partial charge in [-0.3, -0.25) is 4.79 Å². The summed E-state index contributed by atoms with van der Waals surface area (Å²) >= 11 is 5.99. The molecule has 5 nitrogen and oxygen atoms in total. The number of carbonyl (C=O) groups is 1. The highest BCUT2D eigenvalue weighted by Gasteiger charge is 2.19. The molecule has 0 amide bonds. The van der Waals surface area contributed by atoms with Crippen LogP contribution < -0.4 is 11.5 Å². The molecule has 7 heteroatoms. The van der Waals surface area contributed by atoms with Gasteiger partial charge in [0.25, 0.3) is 0 Å². The molecule has 116 valence electrons. The van der Waals surface area contributed by atoms with Gasteiger partial charge in [0.2, 0.25) is 0 Å². The number of halogens is 2. The molecule has 0 spiro atoms. The lowest BCUT2D eigenvalue weighted by Gasteiger charge is -2.15. The number of phenols is 1. The van der Waals surface area contributed by atoms with Crippen LogP contribution in [0, 0.1) is 5.82 Å². The first-order valence-corrected chi connectivity index (χ1v) is 6.73. The minimum absolute atomic E-state index is 0.00669. The van der Waals surface area contributed by atoms with Crippen LogP contribution >= 0.6 is 11.6 Å². The quantitative estimate of drug-likeness (QED) is 0.645. The van der Waals surface area contributed by atoms with E-state index in [1.165, 1.54) is 24.3 Å². The second-order valence-corrected chi connectivity index (χ2v) is 5.21. The monoisotopic (exact) mass is 324 g/mol. The van der Waals surface area contributed by atoms with Crippen molar-refractivity contribution in [1.82, 2.24) is 0 Å². The Bertz CT molecular complexity index is 737. The zero-order chi connectivity index (χ0) is 16.4. The highest BCUT2D eigenvalue weighted by Crippen LogP contribution is 2.40. The van der Waals surface area contributed by atoms with E-state index in [9.17, 15) is 14.3 Å². The first-order valence-electron chi connectivity index (χ1n) is 6.35. The van der Waals surface area contributed by atoms with Crippen molar-refractivity contribution in [3.63, 3.8) is 0 Å². The molecule has 1 atom stereocenters. The maximum absolute atomic E-state index is 13.1. The van der Waals surface area contributed by atoms with Gasteiger partial charge in [-0.1, -0.05) is 17.7 Å². The maximum Gasteiger partial charge on any atom is 0.320 e. The molecule has 0 bridgehead atoms. The Labute approximate surface area is 130 Å². The number of carboxylic acids is 1. The van der Waals surface area contributed by atoms with Crippen LogP contribution in [-0.2, 0) is 11.2 Å². The standard InChI is InChI=1S/C15H14ClFN2O3/c16-10-6-8(17)2-3-9(10)13-12(20)4-1-7(14(13)19)5-11(18)15(21)22/h1-4,6,11,20H,5,18-19H2,(H,21,22). The van der Waals surface area contributed by atoms with E-state index in [2.05, 4.69) is 0 Å². The summed E-state index contributed by atoms with van der Waals surface area (Å²) in [7, 11) is 0. The molecule has 0 fully saturated rings. The lowest BCUT2D eigenvalue weighted by molar-refractivity contribution is -0.138. The lowest BCUT2D eigenvalue weighted by atomic mass is 9.96. The molecule has 1 unspecified atom stereocenters. The topological polar surface area (TPSA) is 110 Å². The van der Waals surface area contributed by atoms with E-state index >= 15 is 0 Å². The van der Waals surface area contributed by atoms with Crippen LogP contribution in [0.4, 0.5) is 10.1 Å². The zero-order valence-corrected chi connectivity index (χ0v) is 12.1. The van der Waals surface area contributed by atoms with Crippen molar-refractivity contribution in [1.29, 1.82) is 0 Å². The van der Waals surface area contributed by atoms with Crippen molar-refractivity contribution in [2.24, 2.45) is 5.73 Å². The van der Waals surface area contributed by atoms with Crippen molar-refractivity contribution < 1.29 is 19.4 Å². The van der Waals surface area contributed by atoms with Crippen molar-refractivity contribution in [3.05, 3.63) is 46.7 Å². The fourth-order valence-electron chi connectivity index (χ4n) is 2.13. The number of benzene rings is 2. The van der Waals surface area contributed by atoms with Gasteiger partial charge in [-0.25, -0.2) is 4.39 Å². The first kappa shape index (κ1) is 16.1. The smallest absolute Gasteiger partial charge is 0.320 e. The fourth-order valence-corrected chi connectivity index (χ4v) is 2.39. The van der Waals surface area contributed by atoms with Crippen molar-refractivity contribution in [2.75, 3.05) is 5.73 Å². The molecule has 0 aromatic heterocycles. The minimum atomic E-state index is -1.16. The van der Waals surface area contributed by atoms with Crippen molar-refractivity contribution in [3.8, 4) is 16.9 Å². The van der Waals surface area contributed by atoms with Crippen molar-refractivity contribution >= 4 is 23.3 Å². The van der Waals surface area contributed by atoms with Crippen LogP contribution in [0.5, 0.6) is 5.75 Å². The molecule has 22 heavy (non-hydrogen) atoms. The molecule has 0 radical (unpaired) electrons. The summed E-state index contributed by atoms with van der Waals surface area (Å²) in [6.45, 7) is 0. The highest BCUT2D eigenvalue weighted by atomic mass is 35.5. The molecule has 2 aromatic rings. The Morgan fingerprint density at radius 3 is 2.59 bits per heavy atom. The SMILES string of the molecule is Nc1c(CC(N)C(=O)O)ccc(O)c1-c1ccc(F)cc1Cl. The molecule has 2 rings (SSSR count). The molecular weight excluding hydrogens is 311 g/mol. The Balaban J connectivity index is 2.54. The zero-order valence-electron chi connectivity index (χ0n) is 11.4. The number of hydrogen-bond donors (Lipinski definition) is 4. The number of anilines is 1. The molecule has 0 heterocycles. The van der Waals surface area contributed by atoms with Crippen molar-refractivity contribution in [2.45, 2.75) is 12.5 Å². The Morgan fingerprint density at radius 2 is 2.00 bits per heavy atom. The number of hydrogen-bond acceptors (Lipinski definition) is 4. The third kappa shape index (κ3) is 3.13. The number of carboxylic acid groups (broad SMARTS) is 1. The minimum Gasteiger partial charge on any atom is -0.507 e. The van der Waals surface area contributed by atoms with Crippen LogP contribution in [-0.4, -0.2) is 22.2 Å². The van der Waals surface area contributed by atoms with Crippen LogP contribution in [0.3, 0.4) is 0 Å². The molecule has 0 saturated carbocycles. The van der Waals surface area contributed by atoms with Gasteiger partial charge in [0, 0.05) is 23.2 Å². The van der Waals surface area contributed by atoms with E-state index in [-0.39, 0.29) is 28.4 Å². The van der Waals surface area contributed by atoms with E-state index in [1.807, 2.05) is 0 Å². The van der Waals surface area contributed by atoms with E-state index in [1.54, 1.807) is 0 Å². The Hall–Kier alpha value is -2.31. The number of nitrogen functional groups attached to an aromatic ring is 1. The van der Waals surface area contributed by atoms with Gasteiger partial charge in [0.05, 0.1) is 5.02 Å². The fraction of sp³-hybridized carbons (Fsp3) is 0.133. The third-order valence-electron chi connectivity index (χ3n) is 3.27. The van der Waals surface area contributed by atoms with Crippen LogP contribution in [0.15, 0.2) is 30.3 Å². The van der Waals surface area contributed by atoms with E-state index in [4.69, 9.17) is 28.2 Å². The van der Waals surface area contributed by atoms with Crippen LogP contribution in [0.2, 0.25) is 5.02 Å². The molecule has 0 saturated heterocycles. The molecule has 6 N–H and O–H groups in total. The average Bonchev–Trinajstić information content (AvgIpc) is 2.44. The van der Waals surface area contributed by atoms with Gasteiger partial charge in [-0.2, -0.15) is 0 Å². The second kappa shape index (κ2) is 6.21. The molecule has 0 aliphatic rings. The molecule has 0 aliphatic heterocycles. The van der Waals surface area contributed by atoms with Gasteiger partial charge in [0.15, 0.2) is 0 Å². The number of phenolic OH excluding ortho intramolecular Hbond substituents is 1. The predicted octanol–water partition coefficient (Wildman–Crippen LogP) is 2.39. The van der Waals surface area contributed by atoms with E-state index in [0.717, 1.165) is 6.07 Å². The van der Waals surface area contributed by atoms with Crippen LogP contribution in [0.1, 0.15) is 5.56 Å². The summed E-state index contributed by atoms with van der Waals surface area (Å²) in [6, 6.07) is 5.43. The number of aromatic hydroxyl groups is 1. The summed E-state index contributed by atoms with van der Waals surface area (Å²) < 4.78 is 13.1. The Morgan fingerprint density at radius 1 is 1.32 bits per heavy atom. The maximum atomic E-state index is 13.1.